The Bertz CT molecular complexity index is 410. The molecule has 0 aliphatic heterocycles. The molecular weight excluding hydrogens is 178 g/mol. The summed E-state index contributed by atoms with van der Waals surface area (Å²) in [5.74, 6) is 1.06. The van der Waals surface area contributed by atoms with Gasteiger partial charge >= 0.3 is 0 Å². The van der Waals surface area contributed by atoms with Crippen LogP contribution in [-0.4, -0.2) is 10.1 Å². The fourth-order valence-corrected chi connectivity index (χ4v) is 1.25. The van der Waals surface area contributed by atoms with E-state index < -0.39 is 0 Å². The Morgan fingerprint density at radius 2 is 2.00 bits per heavy atom. The van der Waals surface area contributed by atoms with Gasteiger partial charge in [0.1, 0.15) is 0 Å². The van der Waals surface area contributed by atoms with Gasteiger partial charge in [-0.15, -0.1) is 0 Å². The number of benzene rings is 1. The van der Waals surface area contributed by atoms with Crippen LogP contribution >= 0.6 is 0 Å². The predicted molar refractivity (Wildman–Crippen MR) is 51.5 cm³/mol. The van der Waals surface area contributed by atoms with Gasteiger partial charge < -0.3 is 10.3 Å². The molecule has 1 aromatic heterocycles. The second-order valence-corrected chi connectivity index (χ2v) is 3.06. The first-order valence-electron chi connectivity index (χ1n) is 4.38. The van der Waals surface area contributed by atoms with Crippen LogP contribution in [0, 0.1) is 6.92 Å². The van der Waals surface area contributed by atoms with Crippen molar-refractivity contribution in [3.8, 4) is 0 Å². The summed E-state index contributed by atoms with van der Waals surface area (Å²) >= 11 is 0. The summed E-state index contributed by atoms with van der Waals surface area (Å²) in [5.41, 5.74) is 6.92. The summed E-state index contributed by atoms with van der Waals surface area (Å²) in [6.45, 7) is 1.74. The molecule has 0 fully saturated rings. The average Bonchev–Trinajstić information content (AvgIpc) is 2.65. The summed E-state index contributed by atoms with van der Waals surface area (Å²) in [6, 6.07) is 9.38. The highest BCUT2D eigenvalue weighted by molar-refractivity contribution is 5.23. The van der Waals surface area contributed by atoms with E-state index in [9.17, 15) is 0 Å². The maximum Gasteiger partial charge on any atom is 0.223 e. The third-order valence-electron chi connectivity index (χ3n) is 1.98. The third-order valence-corrected chi connectivity index (χ3v) is 1.98. The molecule has 0 amide bonds. The Morgan fingerprint density at radius 1 is 1.29 bits per heavy atom. The van der Waals surface area contributed by atoms with E-state index >= 15 is 0 Å². The zero-order valence-corrected chi connectivity index (χ0v) is 7.84. The van der Waals surface area contributed by atoms with Crippen molar-refractivity contribution >= 4 is 0 Å². The third kappa shape index (κ3) is 1.65. The van der Waals surface area contributed by atoms with Gasteiger partial charge in [0.05, 0.1) is 6.04 Å². The SMILES string of the molecule is Cc1nc([C@H](N)c2ccccc2)no1. The summed E-state index contributed by atoms with van der Waals surface area (Å²) in [7, 11) is 0. The van der Waals surface area contributed by atoms with Crippen LogP contribution in [0.5, 0.6) is 0 Å². The Balaban J connectivity index is 2.29. The number of nitrogens with zero attached hydrogens (tertiary/aromatic N) is 2. The molecule has 1 heterocycles. The highest BCUT2D eigenvalue weighted by Gasteiger charge is 2.13. The van der Waals surface area contributed by atoms with Gasteiger partial charge in [0, 0.05) is 6.92 Å². The van der Waals surface area contributed by atoms with Crippen molar-refractivity contribution in [2.45, 2.75) is 13.0 Å². The fourth-order valence-electron chi connectivity index (χ4n) is 1.25. The highest BCUT2D eigenvalue weighted by Crippen LogP contribution is 2.15. The summed E-state index contributed by atoms with van der Waals surface area (Å²) in [5, 5.41) is 3.78. The van der Waals surface area contributed by atoms with Crippen LogP contribution in [-0.2, 0) is 0 Å². The number of nitrogens with two attached hydrogens (primary N) is 1. The van der Waals surface area contributed by atoms with E-state index in [1.54, 1.807) is 6.92 Å². The van der Waals surface area contributed by atoms with Crippen LogP contribution in [0.15, 0.2) is 34.9 Å². The second kappa shape index (κ2) is 3.59. The van der Waals surface area contributed by atoms with E-state index in [1.165, 1.54) is 0 Å². The van der Waals surface area contributed by atoms with Crippen molar-refractivity contribution in [3.05, 3.63) is 47.6 Å². The van der Waals surface area contributed by atoms with Crippen LogP contribution < -0.4 is 5.73 Å². The van der Waals surface area contributed by atoms with E-state index in [1.807, 2.05) is 30.3 Å². The zero-order chi connectivity index (χ0) is 9.97. The van der Waals surface area contributed by atoms with Gasteiger partial charge in [-0.2, -0.15) is 4.98 Å². The number of hydrogen-bond donors (Lipinski definition) is 1. The standard InChI is InChI=1S/C10H11N3O/c1-7-12-10(13-14-7)9(11)8-5-3-2-4-6-8/h2-6,9H,11H2,1H3/t9-/m1/s1. The number of rotatable bonds is 2. The maximum absolute atomic E-state index is 5.94. The molecule has 0 saturated carbocycles. The molecule has 0 saturated heterocycles. The molecular formula is C10H11N3O. The van der Waals surface area contributed by atoms with Crippen molar-refractivity contribution in [3.63, 3.8) is 0 Å². The van der Waals surface area contributed by atoms with Crippen molar-refractivity contribution in [2.75, 3.05) is 0 Å². The van der Waals surface area contributed by atoms with Crippen molar-refractivity contribution in [1.82, 2.24) is 10.1 Å². The maximum atomic E-state index is 5.94. The van der Waals surface area contributed by atoms with Gasteiger partial charge in [-0.05, 0) is 5.56 Å². The molecule has 2 rings (SSSR count). The first-order valence-corrected chi connectivity index (χ1v) is 4.38. The van der Waals surface area contributed by atoms with Gasteiger partial charge in [0.25, 0.3) is 0 Å². The average molecular weight is 189 g/mol. The molecule has 0 aliphatic carbocycles. The first-order chi connectivity index (χ1) is 6.77. The van der Waals surface area contributed by atoms with E-state index in [2.05, 4.69) is 10.1 Å². The van der Waals surface area contributed by atoms with Gasteiger partial charge in [-0.1, -0.05) is 35.5 Å². The number of aromatic nitrogens is 2. The Labute approximate surface area is 81.7 Å². The van der Waals surface area contributed by atoms with Gasteiger partial charge in [0.15, 0.2) is 5.82 Å². The normalized spacial score (nSPS) is 12.7. The molecule has 1 atom stereocenters. The van der Waals surface area contributed by atoms with E-state index in [4.69, 9.17) is 10.3 Å². The van der Waals surface area contributed by atoms with Gasteiger partial charge in [0.2, 0.25) is 5.89 Å². The topological polar surface area (TPSA) is 64.9 Å². The fraction of sp³-hybridized carbons (Fsp3) is 0.200. The smallest absolute Gasteiger partial charge is 0.223 e. The molecule has 0 bridgehead atoms. The van der Waals surface area contributed by atoms with Crippen LogP contribution in [0.25, 0.3) is 0 Å². The lowest BCUT2D eigenvalue weighted by Crippen LogP contribution is -2.13. The Hall–Kier alpha value is -1.68. The largest absolute Gasteiger partial charge is 0.340 e. The highest BCUT2D eigenvalue weighted by atomic mass is 16.5. The van der Waals surface area contributed by atoms with Gasteiger partial charge in [-0.3, -0.25) is 0 Å². The van der Waals surface area contributed by atoms with Gasteiger partial charge in [-0.25, -0.2) is 0 Å². The molecule has 72 valence electrons. The molecule has 0 aliphatic rings. The lowest BCUT2D eigenvalue weighted by molar-refractivity contribution is 0.385. The molecule has 2 aromatic rings. The molecule has 4 heteroatoms. The zero-order valence-electron chi connectivity index (χ0n) is 7.84. The van der Waals surface area contributed by atoms with Crippen molar-refractivity contribution in [2.24, 2.45) is 5.73 Å². The predicted octanol–water partition coefficient (Wildman–Crippen LogP) is 1.43. The summed E-state index contributed by atoms with van der Waals surface area (Å²) in [4.78, 5) is 4.08. The van der Waals surface area contributed by atoms with Crippen LogP contribution in [0.1, 0.15) is 23.3 Å². The molecule has 14 heavy (non-hydrogen) atoms. The van der Waals surface area contributed by atoms with Crippen LogP contribution in [0.3, 0.4) is 0 Å². The quantitative estimate of drug-likeness (QED) is 0.776. The minimum Gasteiger partial charge on any atom is -0.340 e. The Morgan fingerprint density at radius 3 is 2.57 bits per heavy atom. The molecule has 1 aromatic carbocycles. The molecule has 0 spiro atoms. The van der Waals surface area contributed by atoms with Crippen molar-refractivity contribution in [1.29, 1.82) is 0 Å². The lowest BCUT2D eigenvalue weighted by Gasteiger charge is -2.05. The number of aryl methyl sites for hydroxylation is 1. The molecule has 2 N–H and O–H groups in total. The number of hydrogen-bond acceptors (Lipinski definition) is 4. The van der Waals surface area contributed by atoms with Crippen LogP contribution in [0.4, 0.5) is 0 Å². The monoisotopic (exact) mass is 189 g/mol. The minimum absolute atomic E-state index is 0.311. The molecule has 4 nitrogen and oxygen atoms in total. The van der Waals surface area contributed by atoms with E-state index in [-0.39, 0.29) is 6.04 Å². The lowest BCUT2D eigenvalue weighted by atomic mass is 10.1. The Kier molecular flexibility index (Phi) is 2.28. The van der Waals surface area contributed by atoms with Crippen LogP contribution in [0.2, 0.25) is 0 Å². The van der Waals surface area contributed by atoms with E-state index in [0.29, 0.717) is 11.7 Å². The minimum atomic E-state index is -0.311. The summed E-state index contributed by atoms with van der Waals surface area (Å²) < 4.78 is 4.87. The van der Waals surface area contributed by atoms with Crippen molar-refractivity contribution < 1.29 is 4.52 Å². The summed E-state index contributed by atoms with van der Waals surface area (Å²) in [6.07, 6.45) is 0. The second-order valence-electron chi connectivity index (χ2n) is 3.06. The van der Waals surface area contributed by atoms with E-state index in [0.717, 1.165) is 5.56 Å². The molecule has 0 radical (unpaired) electrons. The molecule has 0 unspecified atom stereocenters. The first kappa shape index (κ1) is 8.90.